The van der Waals surface area contributed by atoms with E-state index in [1.807, 2.05) is 62.4 Å². The fraction of sp³-hybridized carbons (Fsp3) is 0.308. The van der Waals surface area contributed by atoms with Crippen LogP contribution in [0.5, 0.6) is 0 Å². The van der Waals surface area contributed by atoms with E-state index in [1.165, 1.54) is 15.6 Å². The maximum absolute atomic E-state index is 13.1. The van der Waals surface area contributed by atoms with Crippen LogP contribution in [-0.2, 0) is 24.4 Å². The van der Waals surface area contributed by atoms with Crippen molar-refractivity contribution in [1.82, 2.24) is 25.3 Å². The highest BCUT2D eigenvalue weighted by atomic mass is 16.2. The average molecular weight is 460 g/mol. The summed E-state index contributed by atoms with van der Waals surface area (Å²) >= 11 is 0. The van der Waals surface area contributed by atoms with Gasteiger partial charge in [0, 0.05) is 26.2 Å². The molecule has 1 atom stereocenters. The number of nitrogens with zero attached hydrogens (tertiary/aromatic N) is 3. The molecule has 2 heterocycles. The molecule has 1 aromatic heterocycles. The molecule has 34 heavy (non-hydrogen) atoms. The van der Waals surface area contributed by atoms with Crippen molar-refractivity contribution in [2.75, 3.05) is 7.05 Å². The number of aryl methyl sites for hydroxylation is 2. The number of hydrogen-bond acceptors (Lipinski definition) is 4. The highest BCUT2D eigenvalue weighted by Crippen LogP contribution is 2.26. The molecule has 3 aromatic rings. The number of carbonyl (C=O) groups is 3. The van der Waals surface area contributed by atoms with Gasteiger partial charge in [-0.2, -0.15) is 5.10 Å². The Kier molecular flexibility index (Phi) is 6.24. The van der Waals surface area contributed by atoms with E-state index in [4.69, 9.17) is 0 Å². The molecule has 0 bridgehead atoms. The predicted molar refractivity (Wildman–Crippen MR) is 128 cm³/mol. The van der Waals surface area contributed by atoms with Crippen molar-refractivity contribution < 1.29 is 14.4 Å². The van der Waals surface area contributed by atoms with Crippen molar-refractivity contribution in [1.29, 1.82) is 0 Å². The zero-order valence-corrected chi connectivity index (χ0v) is 19.9. The number of nitrogens with one attached hydrogen (secondary N) is 2. The van der Waals surface area contributed by atoms with Gasteiger partial charge in [-0.3, -0.25) is 19.1 Å². The molecule has 0 fully saturated rings. The van der Waals surface area contributed by atoms with E-state index in [0.29, 0.717) is 13.1 Å². The molecule has 176 valence electrons. The molecule has 2 N–H and O–H groups in total. The second-order valence-corrected chi connectivity index (χ2v) is 8.99. The second kappa shape index (κ2) is 9.13. The molecule has 0 spiro atoms. The highest BCUT2D eigenvalue weighted by Gasteiger charge is 2.46. The van der Waals surface area contributed by atoms with E-state index in [-0.39, 0.29) is 35.7 Å². The Bertz CT molecular complexity index is 1250. The molecule has 0 aliphatic carbocycles. The number of benzene rings is 2. The van der Waals surface area contributed by atoms with Gasteiger partial charge in [-0.25, -0.2) is 0 Å². The van der Waals surface area contributed by atoms with Gasteiger partial charge in [0.05, 0.1) is 6.54 Å². The number of hydrogen-bond donors (Lipinski definition) is 2. The summed E-state index contributed by atoms with van der Waals surface area (Å²) in [7, 11) is 1.60. The number of amides is 3. The summed E-state index contributed by atoms with van der Waals surface area (Å²) in [6.07, 6.45) is 0. The third kappa shape index (κ3) is 4.44. The van der Waals surface area contributed by atoms with Crippen LogP contribution in [0.2, 0.25) is 0 Å². The van der Waals surface area contributed by atoms with Gasteiger partial charge in [0.1, 0.15) is 11.2 Å². The normalized spacial score (nSPS) is 17.3. The Labute approximate surface area is 199 Å². The lowest BCUT2D eigenvalue weighted by Crippen LogP contribution is -2.62. The van der Waals surface area contributed by atoms with Crippen LogP contribution in [0.15, 0.2) is 54.6 Å². The maximum atomic E-state index is 13.1. The largest absolute Gasteiger partial charge is 0.350 e. The molecule has 2 aromatic carbocycles. The summed E-state index contributed by atoms with van der Waals surface area (Å²) in [6.45, 7) is 6.56. The van der Waals surface area contributed by atoms with Crippen LogP contribution < -0.4 is 10.6 Å². The summed E-state index contributed by atoms with van der Waals surface area (Å²) in [4.78, 5) is 40.3. The summed E-state index contributed by atoms with van der Waals surface area (Å²) < 4.78 is 1.45. The standard InChI is InChI=1S/C26H29N5O3/c1-17-9-11-19(12-10-17)14-28-25(34)26(3)16-31-22(24(33)30(26)4)13-21(29-31)23(32)27-15-20-8-6-5-7-18(20)2/h5-13H,14-16H2,1-4H3,(H,27,32)(H,28,34)/t26-/m0/s1. The number of likely N-dealkylation sites (N-methyl/N-ethyl adjacent to an activating group) is 1. The van der Waals surface area contributed by atoms with Gasteiger partial charge in [-0.05, 0) is 37.5 Å². The number of carbonyl (C=O) groups excluding carboxylic acids is 3. The Morgan fingerprint density at radius 2 is 1.74 bits per heavy atom. The molecule has 4 rings (SSSR count). The first-order chi connectivity index (χ1) is 16.2. The lowest BCUT2D eigenvalue weighted by molar-refractivity contribution is -0.132. The smallest absolute Gasteiger partial charge is 0.272 e. The topological polar surface area (TPSA) is 96.3 Å². The van der Waals surface area contributed by atoms with Crippen LogP contribution >= 0.6 is 0 Å². The van der Waals surface area contributed by atoms with E-state index in [9.17, 15) is 14.4 Å². The molecular formula is C26H29N5O3. The lowest BCUT2D eigenvalue weighted by Gasteiger charge is -2.40. The molecule has 3 amide bonds. The first kappa shape index (κ1) is 23.2. The predicted octanol–water partition coefficient (Wildman–Crippen LogP) is 2.59. The first-order valence-corrected chi connectivity index (χ1v) is 11.2. The van der Waals surface area contributed by atoms with Gasteiger partial charge in [0.15, 0.2) is 5.69 Å². The van der Waals surface area contributed by atoms with Crippen LogP contribution in [0.3, 0.4) is 0 Å². The monoisotopic (exact) mass is 459 g/mol. The molecular weight excluding hydrogens is 430 g/mol. The van der Waals surface area contributed by atoms with E-state index in [1.54, 1.807) is 14.0 Å². The van der Waals surface area contributed by atoms with Crippen LogP contribution in [-0.4, -0.2) is 45.0 Å². The summed E-state index contributed by atoms with van der Waals surface area (Å²) in [5, 5.41) is 10.1. The van der Waals surface area contributed by atoms with Crippen molar-refractivity contribution in [3.8, 4) is 0 Å². The van der Waals surface area contributed by atoms with Gasteiger partial charge in [-0.15, -0.1) is 0 Å². The Hall–Kier alpha value is -3.94. The minimum absolute atomic E-state index is 0.148. The molecule has 1 aliphatic rings. The van der Waals surface area contributed by atoms with Gasteiger partial charge in [0.2, 0.25) is 5.91 Å². The van der Waals surface area contributed by atoms with Crippen molar-refractivity contribution in [2.45, 2.75) is 45.9 Å². The third-order valence-electron chi connectivity index (χ3n) is 6.50. The lowest BCUT2D eigenvalue weighted by atomic mass is 9.95. The van der Waals surface area contributed by atoms with Gasteiger partial charge < -0.3 is 15.5 Å². The molecule has 0 saturated carbocycles. The van der Waals surface area contributed by atoms with Gasteiger partial charge in [0.25, 0.3) is 11.8 Å². The second-order valence-electron chi connectivity index (χ2n) is 8.99. The minimum Gasteiger partial charge on any atom is -0.350 e. The van der Waals surface area contributed by atoms with Crippen molar-refractivity contribution in [3.05, 3.63) is 88.2 Å². The summed E-state index contributed by atoms with van der Waals surface area (Å²) in [5.41, 5.74) is 3.49. The van der Waals surface area contributed by atoms with Crippen LogP contribution in [0.25, 0.3) is 0 Å². The Morgan fingerprint density at radius 3 is 2.44 bits per heavy atom. The van der Waals surface area contributed by atoms with Crippen LogP contribution in [0.4, 0.5) is 0 Å². The first-order valence-electron chi connectivity index (χ1n) is 11.2. The van der Waals surface area contributed by atoms with E-state index >= 15 is 0 Å². The zero-order chi connectivity index (χ0) is 24.5. The van der Waals surface area contributed by atoms with Crippen LogP contribution in [0.1, 0.15) is 50.2 Å². The molecule has 0 unspecified atom stereocenters. The SMILES string of the molecule is Cc1ccc(CNC(=O)[C@]2(C)Cn3nc(C(=O)NCc4ccccc4C)cc3C(=O)N2C)cc1. The van der Waals surface area contributed by atoms with Crippen molar-refractivity contribution in [3.63, 3.8) is 0 Å². The molecule has 1 aliphatic heterocycles. The van der Waals surface area contributed by atoms with Gasteiger partial charge in [-0.1, -0.05) is 54.1 Å². The number of aromatic nitrogens is 2. The van der Waals surface area contributed by atoms with Crippen molar-refractivity contribution in [2.24, 2.45) is 0 Å². The summed E-state index contributed by atoms with van der Waals surface area (Å²) in [6, 6.07) is 17.2. The van der Waals surface area contributed by atoms with Crippen LogP contribution in [0, 0.1) is 13.8 Å². The van der Waals surface area contributed by atoms with Crippen molar-refractivity contribution >= 4 is 17.7 Å². The minimum atomic E-state index is -1.14. The number of fused-ring (bicyclic) bond motifs is 1. The average Bonchev–Trinajstić information content (AvgIpc) is 3.25. The highest BCUT2D eigenvalue weighted by molar-refractivity contribution is 6.01. The van der Waals surface area contributed by atoms with E-state index < -0.39 is 5.54 Å². The quantitative estimate of drug-likeness (QED) is 0.592. The fourth-order valence-electron chi connectivity index (χ4n) is 3.99. The Balaban J connectivity index is 1.47. The number of rotatable bonds is 6. The molecule has 0 radical (unpaired) electrons. The third-order valence-corrected chi connectivity index (χ3v) is 6.50. The fourth-order valence-corrected chi connectivity index (χ4v) is 3.99. The van der Waals surface area contributed by atoms with Gasteiger partial charge >= 0.3 is 0 Å². The molecule has 0 saturated heterocycles. The van der Waals surface area contributed by atoms with E-state index in [2.05, 4.69) is 15.7 Å². The molecule has 8 heteroatoms. The summed E-state index contributed by atoms with van der Waals surface area (Å²) in [5.74, 6) is -1.01. The maximum Gasteiger partial charge on any atom is 0.272 e. The van der Waals surface area contributed by atoms with E-state index in [0.717, 1.165) is 22.3 Å². The zero-order valence-electron chi connectivity index (χ0n) is 19.9. The molecule has 8 nitrogen and oxygen atoms in total. The Morgan fingerprint density at radius 1 is 1.03 bits per heavy atom.